The van der Waals surface area contributed by atoms with Crippen LogP contribution < -0.4 is 5.32 Å². The SMILES string of the molecule is O=C(CCN1CCCC(O)(c2cn[nH]n2)C1)NCC1CCCCC1. The zero-order valence-electron chi connectivity index (χ0n) is 14.3. The van der Waals surface area contributed by atoms with E-state index in [1.807, 2.05) is 0 Å². The molecular formula is C17H29N5O2. The van der Waals surface area contributed by atoms with Gasteiger partial charge in [0.05, 0.1) is 6.20 Å². The van der Waals surface area contributed by atoms with Gasteiger partial charge in [-0.3, -0.25) is 9.69 Å². The van der Waals surface area contributed by atoms with Gasteiger partial charge in [-0.1, -0.05) is 19.3 Å². The van der Waals surface area contributed by atoms with Crippen LogP contribution in [0.15, 0.2) is 6.20 Å². The first-order valence-corrected chi connectivity index (χ1v) is 9.23. The first-order valence-electron chi connectivity index (χ1n) is 9.23. The number of hydrogen-bond donors (Lipinski definition) is 3. The van der Waals surface area contributed by atoms with Crippen molar-refractivity contribution >= 4 is 5.91 Å². The van der Waals surface area contributed by atoms with Gasteiger partial charge in [-0.05, 0) is 38.1 Å². The number of amides is 1. The minimum absolute atomic E-state index is 0.121. The molecule has 7 nitrogen and oxygen atoms in total. The highest BCUT2D eigenvalue weighted by molar-refractivity contribution is 5.76. The van der Waals surface area contributed by atoms with Crippen molar-refractivity contribution in [2.45, 2.75) is 57.0 Å². The maximum atomic E-state index is 12.1. The number of aliphatic hydroxyl groups is 1. The molecule has 1 aliphatic carbocycles. The lowest BCUT2D eigenvalue weighted by Crippen LogP contribution is -2.47. The maximum absolute atomic E-state index is 12.1. The van der Waals surface area contributed by atoms with Crippen molar-refractivity contribution in [3.05, 3.63) is 11.9 Å². The highest BCUT2D eigenvalue weighted by Crippen LogP contribution is 2.29. The molecule has 0 bridgehead atoms. The summed E-state index contributed by atoms with van der Waals surface area (Å²) >= 11 is 0. The van der Waals surface area contributed by atoms with Gasteiger partial charge in [-0.25, -0.2) is 0 Å². The molecule has 2 fully saturated rings. The predicted molar refractivity (Wildman–Crippen MR) is 90.2 cm³/mol. The summed E-state index contributed by atoms with van der Waals surface area (Å²) in [4.78, 5) is 14.2. The fourth-order valence-electron chi connectivity index (χ4n) is 3.95. The third-order valence-electron chi connectivity index (χ3n) is 5.41. The van der Waals surface area contributed by atoms with Crippen LogP contribution in [0.1, 0.15) is 57.1 Å². The first-order chi connectivity index (χ1) is 11.7. The van der Waals surface area contributed by atoms with Crippen LogP contribution in [-0.4, -0.2) is 57.5 Å². The van der Waals surface area contributed by atoms with Gasteiger partial charge in [0.15, 0.2) is 0 Å². The van der Waals surface area contributed by atoms with Crippen LogP contribution in [0, 0.1) is 5.92 Å². The number of piperidine rings is 1. The third kappa shape index (κ3) is 4.54. The van der Waals surface area contributed by atoms with E-state index in [-0.39, 0.29) is 5.91 Å². The van der Waals surface area contributed by atoms with E-state index in [9.17, 15) is 9.90 Å². The topological polar surface area (TPSA) is 94.1 Å². The summed E-state index contributed by atoms with van der Waals surface area (Å²) < 4.78 is 0. The van der Waals surface area contributed by atoms with Gasteiger partial charge in [-0.15, -0.1) is 0 Å². The molecule has 1 aromatic rings. The molecule has 0 spiro atoms. The molecule has 1 aliphatic heterocycles. The fourth-order valence-corrected chi connectivity index (χ4v) is 3.95. The molecule has 24 heavy (non-hydrogen) atoms. The second-order valence-electron chi connectivity index (χ2n) is 7.32. The number of carbonyl (C=O) groups is 1. The zero-order chi connectivity index (χ0) is 16.8. The number of aromatic amines is 1. The number of carbonyl (C=O) groups excluding carboxylic acids is 1. The molecule has 134 valence electrons. The molecule has 0 aromatic carbocycles. The van der Waals surface area contributed by atoms with E-state index in [0.29, 0.717) is 37.5 Å². The Bertz CT molecular complexity index is 515. The van der Waals surface area contributed by atoms with Crippen molar-refractivity contribution in [2.75, 3.05) is 26.2 Å². The summed E-state index contributed by atoms with van der Waals surface area (Å²) in [5, 5.41) is 24.2. The summed E-state index contributed by atoms with van der Waals surface area (Å²) in [6.45, 7) is 2.92. The largest absolute Gasteiger partial charge is 0.382 e. The first kappa shape index (κ1) is 17.4. The monoisotopic (exact) mass is 335 g/mol. The summed E-state index contributed by atoms with van der Waals surface area (Å²) in [7, 11) is 0. The van der Waals surface area contributed by atoms with Crippen molar-refractivity contribution in [3.63, 3.8) is 0 Å². The normalized spacial score (nSPS) is 26.4. The van der Waals surface area contributed by atoms with E-state index in [4.69, 9.17) is 0 Å². The smallest absolute Gasteiger partial charge is 0.221 e. The number of β-amino-alcohol motifs (C(OH)–C–C–N with tert-alkyl or cyclic N) is 1. The van der Waals surface area contributed by atoms with E-state index in [0.717, 1.165) is 19.5 Å². The van der Waals surface area contributed by atoms with Gasteiger partial charge < -0.3 is 10.4 Å². The highest BCUT2D eigenvalue weighted by Gasteiger charge is 2.37. The molecule has 1 amide bonds. The average Bonchev–Trinajstić information content (AvgIpc) is 3.15. The van der Waals surface area contributed by atoms with Crippen LogP contribution in [0.5, 0.6) is 0 Å². The Morgan fingerprint density at radius 1 is 1.38 bits per heavy atom. The van der Waals surface area contributed by atoms with Gasteiger partial charge in [0.1, 0.15) is 11.3 Å². The van der Waals surface area contributed by atoms with Gasteiger partial charge >= 0.3 is 0 Å². The molecule has 1 atom stereocenters. The lowest BCUT2D eigenvalue weighted by Gasteiger charge is -2.37. The Hall–Kier alpha value is -1.47. The minimum Gasteiger partial charge on any atom is -0.382 e. The van der Waals surface area contributed by atoms with E-state index < -0.39 is 5.60 Å². The molecule has 1 saturated heterocycles. The molecule has 2 aliphatic rings. The van der Waals surface area contributed by atoms with Gasteiger partial charge in [-0.2, -0.15) is 15.4 Å². The molecular weight excluding hydrogens is 306 g/mol. The van der Waals surface area contributed by atoms with Crippen LogP contribution in [0.2, 0.25) is 0 Å². The molecule has 1 aromatic heterocycles. The number of nitrogens with one attached hydrogen (secondary N) is 2. The summed E-state index contributed by atoms with van der Waals surface area (Å²) in [6.07, 6.45) is 10.1. The molecule has 7 heteroatoms. The Labute approximate surface area is 143 Å². The summed E-state index contributed by atoms with van der Waals surface area (Å²) in [5.74, 6) is 0.783. The van der Waals surface area contributed by atoms with E-state index >= 15 is 0 Å². The van der Waals surface area contributed by atoms with Crippen molar-refractivity contribution < 1.29 is 9.90 Å². The number of hydrogen-bond acceptors (Lipinski definition) is 5. The second kappa shape index (κ2) is 8.07. The molecule has 1 saturated carbocycles. The van der Waals surface area contributed by atoms with Crippen LogP contribution in [0.4, 0.5) is 0 Å². The molecule has 3 rings (SSSR count). The number of nitrogens with zero attached hydrogens (tertiary/aromatic N) is 3. The number of H-pyrrole nitrogens is 1. The highest BCUT2D eigenvalue weighted by atomic mass is 16.3. The summed E-state index contributed by atoms with van der Waals surface area (Å²) in [6, 6.07) is 0. The fraction of sp³-hybridized carbons (Fsp3) is 0.824. The quantitative estimate of drug-likeness (QED) is 0.726. The Balaban J connectivity index is 1.40. The van der Waals surface area contributed by atoms with Gasteiger partial charge in [0.25, 0.3) is 0 Å². The van der Waals surface area contributed by atoms with Crippen molar-refractivity contribution in [2.24, 2.45) is 5.92 Å². The van der Waals surface area contributed by atoms with Gasteiger partial charge in [0.2, 0.25) is 5.91 Å². The lowest BCUT2D eigenvalue weighted by atomic mass is 9.89. The Kier molecular flexibility index (Phi) is 5.84. The average molecular weight is 335 g/mol. The van der Waals surface area contributed by atoms with E-state index in [1.54, 1.807) is 6.20 Å². The predicted octanol–water partition coefficient (Wildman–Crippen LogP) is 1.17. The number of aromatic nitrogens is 3. The second-order valence-corrected chi connectivity index (χ2v) is 7.32. The van der Waals surface area contributed by atoms with Crippen LogP contribution in [-0.2, 0) is 10.4 Å². The molecule has 1 unspecified atom stereocenters. The Morgan fingerprint density at radius 3 is 2.96 bits per heavy atom. The van der Waals surface area contributed by atoms with Crippen LogP contribution in [0.3, 0.4) is 0 Å². The number of likely N-dealkylation sites (tertiary alicyclic amines) is 1. The maximum Gasteiger partial charge on any atom is 0.221 e. The van der Waals surface area contributed by atoms with E-state index in [2.05, 4.69) is 25.6 Å². The van der Waals surface area contributed by atoms with Gasteiger partial charge in [0, 0.05) is 26.1 Å². The molecule has 0 radical (unpaired) electrons. The van der Waals surface area contributed by atoms with Crippen LogP contribution >= 0.6 is 0 Å². The lowest BCUT2D eigenvalue weighted by molar-refractivity contribution is -0.122. The standard InChI is InChI=1S/C17H29N5O2/c23-16(18-11-14-5-2-1-3-6-14)7-10-22-9-4-8-17(24,13-22)15-12-19-21-20-15/h12,14,24H,1-11,13H2,(H,18,23)(H,19,20,21). The van der Waals surface area contributed by atoms with Crippen molar-refractivity contribution in [1.82, 2.24) is 25.6 Å². The van der Waals surface area contributed by atoms with E-state index in [1.165, 1.54) is 32.1 Å². The third-order valence-corrected chi connectivity index (χ3v) is 5.41. The molecule has 2 heterocycles. The number of rotatable bonds is 6. The minimum atomic E-state index is -0.955. The Morgan fingerprint density at radius 2 is 2.21 bits per heavy atom. The van der Waals surface area contributed by atoms with Crippen molar-refractivity contribution in [3.8, 4) is 0 Å². The zero-order valence-corrected chi connectivity index (χ0v) is 14.3. The summed E-state index contributed by atoms with van der Waals surface area (Å²) in [5.41, 5.74) is -0.363. The van der Waals surface area contributed by atoms with Crippen LogP contribution in [0.25, 0.3) is 0 Å². The van der Waals surface area contributed by atoms with Crippen molar-refractivity contribution in [1.29, 1.82) is 0 Å². The molecule has 3 N–H and O–H groups in total.